The van der Waals surface area contributed by atoms with Crippen molar-refractivity contribution in [1.82, 2.24) is 9.80 Å². The van der Waals surface area contributed by atoms with E-state index < -0.39 is 0 Å². The molecule has 0 aromatic rings. The highest BCUT2D eigenvalue weighted by Crippen LogP contribution is 2.21. The molecule has 0 spiro atoms. The Morgan fingerprint density at radius 2 is 2.12 bits per heavy atom. The first-order valence-corrected chi connectivity index (χ1v) is 6.80. The normalized spacial score (nSPS) is 26.1. The van der Waals surface area contributed by atoms with Gasteiger partial charge in [0.2, 0.25) is 5.91 Å². The van der Waals surface area contributed by atoms with Crippen LogP contribution in [0.15, 0.2) is 0 Å². The molecule has 1 unspecified atom stereocenters. The monoisotopic (exact) mass is 240 g/mol. The van der Waals surface area contributed by atoms with Crippen molar-refractivity contribution >= 4 is 5.91 Å². The minimum atomic E-state index is 0.134. The van der Waals surface area contributed by atoms with Crippen molar-refractivity contribution in [3.05, 3.63) is 0 Å². The van der Waals surface area contributed by atoms with Gasteiger partial charge in [-0.25, -0.2) is 0 Å². The standard InChI is InChI=1S/C13H24N2O2/c1-11(2)17-10-13(16)15-8-7-14-6-4-3-5-12(14)9-15/h11-12H,3-10H2,1-2H3. The molecule has 2 aliphatic rings. The van der Waals surface area contributed by atoms with Crippen LogP contribution in [0.25, 0.3) is 0 Å². The van der Waals surface area contributed by atoms with Crippen molar-refractivity contribution in [2.24, 2.45) is 0 Å². The second-order valence-corrected chi connectivity index (χ2v) is 5.39. The van der Waals surface area contributed by atoms with Gasteiger partial charge in [-0.05, 0) is 33.2 Å². The minimum Gasteiger partial charge on any atom is -0.369 e. The van der Waals surface area contributed by atoms with Crippen molar-refractivity contribution in [2.45, 2.75) is 45.3 Å². The molecule has 98 valence electrons. The van der Waals surface area contributed by atoms with Gasteiger partial charge in [0.1, 0.15) is 6.61 Å². The van der Waals surface area contributed by atoms with E-state index in [1.807, 2.05) is 18.7 Å². The smallest absolute Gasteiger partial charge is 0.248 e. The molecule has 0 aromatic carbocycles. The fourth-order valence-corrected chi connectivity index (χ4v) is 2.71. The van der Waals surface area contributed by atoms with Crippen LogP contribution in [-0.4, -0.2) is 60.6 Å². The number of rotatable bonds is 3. The van der Waals surface area contributed by atoms with E-state index in [1.54, 1.807) is 0 Å². The maximum Gasteiger partial charge on any atom is 0.248 e. The number of piperazine rings is 1. The zero-order valence-electron chi connectivity index (χ0n) is 11.0. The van der Waals surface area contributed by atoms with Gasteiger partial charge in [-0.1, -0.05) is 6.42 Å². The Hall–Kier alpha value is -0.610. The molecule has 2 heterocycles. The van der Waals surface area contributed by atoms with E-state index in [0.717, 1.165) is 19.6 Å². The number of fused-ring (bicyclic) bond motifs is 1. The number of piperidine rings is 1. The molecule has 0 N–H and O–H groups in total. The van der Waals surface area contributed by atoms with Gasteiger partial charge in [0.15, 0.2) is 0 Å². The predicted molar refractivity (Wildman–Crippen MR) is 66.9 cm³/mol. The lowest BCUT2D eigenvalue weighted by Crippen LogP contribution is -2.56. The molecule has 0 bridgehead atoms. The van der Waals surface area contributed by atoms with Crippen LogP contribution in [0.2, 0.25) is 0 Å². The fourth-order valence-electron chi connectivity index (χ4n) is 2.71. The van der Waals surface area contributed by atoms with Gasteiger partial charge in [-0.3, -0.25) is 9.69 Å². The van der Waals surface area contributed by atoms with Gasteiger partial charge < -0.3 is 9.64 Å². The number of carbonyl (C=O) groups excluding carboxylic acids is 1. The number of ether oxygens (including phenoxy) is 1. The van der Waals surface area contributed by atoms with Crippen molar-refractivity contribution in [1.29, 1.82) is 0 Å². The molecule has 0 saturated carbocycles. The molecule has 4 heteroatoms. The molecule has 0 aromatic heterocycles. The first-order valence-electron chi connectivity index (χ1n) is 6.80. The molecular formula is C13H24N2O2. The summed E-state index contributed by atoms with van der Waals surface area (Å²) in [7, 11) is 0. The zero-order valence-corrected chi connectivity index (χ0v) is 11.0. The topological polar surface area (TPSA) is 32.8 Å². The van der Waals surface area contributed by atoms with E-state index in [4.69, 9.17) is 4.74 Å². The molecule has 0 radical (unpaired) electrons. The Morgan fingerprint density at radius 3 is 2.88 bits per heavy atom. The number of hydrogen-bond acceptors (Lipinski definition) is 3. The van der Waals surface area contributed by atoms with Crippen LogP contribution in [0.5, 0.6) is 0 Å². The van der Waals surface area contributed by atoms with E-state index in [-0.39, 0.29) is 18.6 Å². The maximum atomic E-state index is 12.0. The summed E-state index contributed by atoms with van der Waals surface area (Å²) >= 11 is 0. The summed E-state index contributed by atoms with van der Waals surface area (Å²) in [6, 6.07) is 0.598. The molecule has 4 nitrogen and oxygen atoms in total. The highest BCUT2D eigenvalue weighted by Gasteiger charge is 2.30. The van der Waals surface area contributed by atoms with Gasteiger partial charge >= 0.3 is 0 Å². The molecular weight excluding hydrogens is 216 g/mol. The predicted octanol–water partition coefficient (Wildman–Crippen LogP) is 1.11. The lowest BCUT2D eigenvalue weighted by Gasteiger charge is -2.44. The first kappa shape index (κ1) is 12.8. The maximum absolute atomic E-state index is 12.0. The lowest BCUT2D eigenvalue weighted by molar-refractivity contribution is -0.141. The number of hydrogen-bond donors (Lipinski definition) is 0. The third-order valence-corrected chi connectivity index (χ3v) is 3.73. The fraction of sp³-hybridized carbons (Fsp3) is 0.923. The van der Waals surface area contributed by atoms with Crippen LogP contribution < -0.4 is 0 Å². The van der Waals surface area contributed by atoms with E-state index in [9.17, 15) is 4.79 Å². The van der Waals surface area contributed by atoms with E-state index in [0.29, 0.717) is 6.04 Å². The van der Waals surface area contributed by atoms with Gasteiger partial charge in [0.05, 0.1) is 6.10 Å². The lowest BCUT2D eigenvalue weighted by atomic mass is 9.99. The van der Waals surface area contributed by atoms with Gasteiger partial charge in [-0.2, -0.15) is 0 Å². The van der Waals surface area contributed by atoms with Crippen molar-refractivity contribution in [3.63, 3.8) is 0 Å². The Bertz CT molecular complexity index is 268. The first-order chi connectivity index (χ1) is 8.16. The Balaban J connectivity index is 1.80. The molecule has 17 heavy (non-hydrogen) atoms. The Kier molecular flexibility index (Phi) is 4.40. The second kappa shape index (κ2) is 5.83. The van der Waals surface area contributed by atoms with Crippen LogP contribution >= 0.6 is 0 Å². The van der Waals surface area contributed by atoms with Crippen LogP contribution in [0.1, 0.15) is 33.1 Å². The summed E-state index contributed by atoms with van der Waals surface area (Å²) in [5.74, 6) is 0.156. The summed E-state index contributed by atoms with van der Waals surface area (Å²) in [5.41, 5.74) is 0. The summed E-state index contributed by atoms with van der Waals surface area (Å²) < 4.78 is 5.39. The SMILES string of the molecule is CC(C)OCC(=O)N1CCN2CCCCC2C1. The van der Waals surface area contributed by atoms with Crippen LogP contribution in [0.3, 0.4) is 0 Å². The number of carbonyl (C=O) groups is 1. The third kappa shape index (κ3) is 3.42. The van der Waals surface area contributed by atoms with E-state index in [1.165, 1.54) is 25.8 Å². The minimum absolute atomic E-state index is 0.134. The number of amides is 1. The van der Waals surface area contributed by atoms with Crippen LogP contribution in [-0.2, 0) is 9.53 Å². The molecule has 2 rings (SSSR count). The third-order valence-electron chi connectivity index (χ3n) is 3.73. The summed E-state index contributed by atoms with van der Waals surface area (Å²) in [6.45, 7) is 8.20. The van der Waals surface area contributed by atoms with E-state index >= 15 is 0 Å². The molecule has 1 amide bonds. The largest absolute Gasteiger partial charge is 0.369 e. The van der Waals surface area contributed by atoms with Crippen LogP contribution in [0.4, 0.5) is 0 Å². The Morgan fingerprint density at radius 1 is 1.29 bits per heavy atom. The molecule has 1 atom stereocenters. The van der Waals surface area contributed by atoms with Crippen molar-refractivity contribution in [2.75, 3.05) is 32.8 Å². The van der Waals surface area contributed by atoms with Gasteiger partial charge in [0.25, 0.3) is 0 Å². The molecule has 0 aliphatic carbocycles. The molecule has 2 saturated heterocycles. The zero-order chi connectivity index (χ0) is 12.3. The molecule has 2 fully saturated rings. The quantitative estimate of drug-likeness (QED) is 0.741. The average Bonchev–Trinajstić information content (AvgIpc) is 2.35. The summed E-state index contributed by atoms with van der Waals surface area (Å²) in [6.07, 6.45) is 4.01. The van der Waals surface area contributed by atoms with Crippen molar-refractivity contribution in [3.8, 4) is 0 Å². The highest BCUT2D eigenvalue weighted by molar-refractivity contribution is 5.77. The second-order valence-electron chi connectivity index (χ2n) is 5.39. The van der Waals surface area contributed by atoms with E-state index in [2.05, 4.69) is 4.90 Å². The summed E-state index contributed by atoms with van der Waals surface area (Å²) in [5, 5.41) is 0. The average molecular weight is 240 g/mol. The highest BCUT2D eigenvalue weighted by atomic mass is 16.5. The Labute approximate surface area is 104 Å². The van der Waals surface area contributed by atoms with Crippen LogP contribution in [0, 0.1) is 0 Å². The van der Waals surface area contributed by atoms with Crippen molar-refractivity contribution < 1.29 is 9.53 Å². The molecule has 2 aliphatic heterocycles. The summed E-state index contributed by atoms with van der Waals surface area (Å²) in [4.78, 5) is 16.5. The number of nitrogens with zero attached hydrogens (tertiary/aromatic N) is 2. The van der Waals surface area contributed by atoms with Gasteiger partial charge in [0, 0.05) is 25.7 Å². The van der Waals surface area contributed by atoms with Gasteiger partial charge in [-0.15, -0.1) is 0 Å².